The van der Waals surface area contributed by atoms with Crippen LogP contribution in [0.25, 0.3) is 0 Å². The Bertz CT molecular complexity index is 757. The predicted octanol–water partition coefficient (Wildman–Crippen LogP) is 1.29. The summed E-state index contributed by atoms with van der Waals surface area (Å²) in [6, 6.07) is 10.5. The number of piperazine rings is 1. The van der Waals surface area contributed by atoms with E-state index in [0.29, 0.717) is 17.5 Å². The van der Waals surface area contributed by atoms with E-state index in [-0.39, 0.29) is 12.0 Å². The molecule has 0 unspecified atom stereocenters. The van der Waals surface area contributed by atoms with Crippen molar-refractivity contribution in [2.75, 3.05) is 38.5 Å². The minimum atomic E-state index is 0.149. The van der Waals surface area contributed by atoms with Crippen molar-refractivity contribution in [1.29, 1.82) is 0 Å². The fourth-order valence-corrected chi connectivity index (χ4v) is 4.40. The molecule has 1 aromatic carbocycles. The first-order chi connectivity index (χ1) is 13.8. The van der Waals surface area contributed by atoms with Gasteiger partial charge in [0.15, 0.2) is 0 Å². The molecular formula is C19H26N6O2S. The molecule has 0 spiro atoms. The number of nitrogens with zero attached hydrogens (tertiary/aromatic N) is 6. The van der Waals surface area contributed by atoms with E-state index in [4.69, 9.17) is 4.74 Å². The zero-order valence-electron chi connectivity index (χ0n) is 15.9. The molecule has 2 aliphatic heterocycles. The average molecular weight is 403 g/mol. The number of ether oxygens (including phenoxy) is 1. The number of hydrogen-bond acceptors (Lipinski definition) is 7. The zero-order chi connectivity index (χ0) is 19.2. The zero-order valence-corrected chi connectivity index (χ0v) is 16.8. The summed E-state index contributed by atoms with van der Waals surface area (Å²) >= 11 is 1.41. The first kappa shape index (κ1) is 19.4. The van der Waals surface area contributed by atoms with Crippen LogP contribution in [-0.2, 0) is 22.6 Å². The van der Waals surface area contributed by atoms with Crippen molar-refractivity contribution in [3.63, 3.8) is 0 Å². The van der Waals surface area contributed by atoms with Crippen molar-refractivity contribution in [2.45, 2.75) is 37.2 Å². The molecule has 4 rings (SSSR count). The van der Waals surface area contributed by atoms with Crippen LogP contribution >= 0.6 is 11.8 Å². The lowest BCUT2D eigenvalue weighted by molar-refractivity contribution is -0.130. The summed E-state index contributed by atoms with van der Waals surface area (Å²) in [5, 5.41) is 12.6. The highest BCUT2D eigenvalue weighted by Crippen LogP contribution is 2.19. The molecule has 3 heterocycles. The largest absolute Gasteiger partial charge is 0.376 e. The van der Waals surface area contributed by atoms with Crippen LogP contribution in [0.3, 0.4) is 0 Å². The SMILES string of the molecule is O=C(CSc1nnnn1C[C@H]1CCCO1)N1CCN(Cc2ccccc2)CC1. The number of carbonyl (C=O) groups excluding carboxylic acids is 1. The summed E-state index contributed by atoms with van der Waals surface area (Å²) in [6.07, 6.45) is 2.30. The Morgan fingerprint density at radius 1 is 1.18 bits per heavy atom. The molecule has 2 fully saturated rings. The lowest BCUT2D eigenvalue weighted by Gasteiger charge is -2.34. The van der Waals surface area contributed by atoms with Crippen LogP contribution in [0, 0.1) is 0 Å². The van der Waals surface area contributed by atoms with Crippen molar-refractivity contribution in [3.8, 4) is 0 Å². The lowest BCUT2D eigenvalue weighted by atomic mass is 10.2. The summed E-state index contributed by atoms with van der Waals surface area (Å²) in [5.74, 6) is 0.515. The Morgan fingerprint density at radius 2 is 2.00 bits per heavy atom. The minimum Gasteiger partial charge on any atom is -0.376 e. The predicted molar refractivity (Wildman–Crippen MR) is 106 cm³/mol. The van der Waals surface area contributed by atoms with E-state index in [1.165, 1.54) is 17.3 Å². The fraction of sp³-hybridized carbons (Fsp3) is 0.579. The van der Waals surface area contributed by atoms with Crippen molar-refractivity contribution in [2.24, 2.45) is 0 Å². The molecule has 28 heavy (non-hydrogen) atoms. The van der Waals surface area contributed by atoms with Crippen molar-refractivity contribution >= 4 is 17.7 Å². The normalized spacial score (nSPS) is 20.6. The molecule has 1 aromatic heterocycles. The van der Waals surface area contributed by atoms with Crippen LogP contribution in [0.15, 0.2) is 35.5 Å². The van der Waals surface area contributed by atoms with E-state index >= 15 is 0 Å². The maximum Gasteiger partial charge on any atom is 0.233 e. The first-order valence-electron chi connectivity index (χ1n) is 9.82. The molecule has 150 valence electrons. The van der Waals surface area contributed by atoms with Gasteiger partial charge < -0.3 is 9.64 Å². The highest BCUT2D eigenvalue weighted by atomic mass is 32.2. The van der Waals surface area contributed by atoms with Gasteiger partial charge in [-0.15, -0.1) is 5.10 Å². The third kappa shape index (κ3) is 5.09. The number of rotatable bonds is 7. The molecule has 2 aliphatic rings. The van der Waals surface area contributed by atoms with Gasteiger partial charge in [0, 0.05) is 39.3 Å². The van der Waals surface area contributed by atoms with E-state index < -0.39 is 0 Å². The Kier molecular flexibility index (Phi) is 6.56. The van der Waals surface area contributed by atoms with Gasteiger partial charge in [-0.25, -0.2) is 4.68 Å². The molecule has 0 N–H and O–H groups in total. The first-order valence-corrected chi connectivity index (χ1v) is 10.8. The Morgan fingerprint density at radius 3 is 2.75 bits per heavy atom. The van der Waals surface area contributed by atoms with Gasteiger partial charge in [0.25, 0.3) is 0 Å². The number of tetrazole rings is 1. The van der Waals surface area contributed by atoms with E-state index in [9.17, 15) is 4.79 Å². The third-order valence-electron chi connectivity index (χ3n) is 5.20. The van der Waals surface area contributed by atoms with Crippen LogP contribution in [0.5, 0.6) is 0 Å². The van der Waals surface area contributed by atoms with Gasteiger partial charge in [-0.3, -0.25) is 9.69 Å². The summed E-state index contributed by atoms with van der Waals surface area (Å²) in [5.41, 5.74) is 1.32. The number of aromatic nitrogens is 4. The van der Waals surface area contributed by atoms with E-state index in [2.05, 4.69) is 44.7 Å². The highest BCUT2D eigenvalue weighted by molar-refractivity contribution is 7.99. The fourth-order valence-electron chi connectivity index (χ4n) is 3.61. The standard InChI is InChI=1S/C19H26N6O2S/c26-18(15-28-19-20-21-22-25(19)14-17-7-4-12-27-17)24-10-8-23(9-11-24)13-16-5-2-1-3-6-16/h1-3,5-6,17H,4,7-15H2/t17-/m1/s1. The van der Waals surface area contributed by atoms with E-state index in [0.717, 1.165) is 52.2 Å². The average Bonchev–Trinajstić information content (AvgIpc) is 3.40. The number of hydrogen-bond donors (Lipinski definition) is 0. The number of thioether (sulfide) groups is 1. The second-order valence-corrected chi connectivity index (χ2v) is 8.15. The van der Waals surface area contributed by atoms with Gasteiger partial charge in [-0.1, -0.05) is 42.1 Å². The van der Waals surface area contributed by atoms with Crippen molar-refractivity contribution in [3.05, 3.63) is 35.9 Å². The van der Waals surface area contributed by atoms with Crippen LogP contribution in [-0.4, -0.2) is 80.6 Å². The van der Waals surface area contributed by atoms with Gasteiger partial charge in [0.1, 0.15) is 0 Å². The summed E-state index contributed by atoms with van der Waals surface area (Å²) in [4.78, 5) is 16.9. The Labute approximate surface area is 169 Å². The van der Waals surface area contributed by atoms with E-state index in [1.54, 1.807) is 4.68 Å². The Hall–Kier alpha value is -1.97. The topological polar surface area (TPSA) is 76.4 Å². The summed E-state index contributed by atoms with van der Waals surface area (Å²) in [7, 11) is 0. The van der Waals surface area contributed by atoms with E-state index in [1.807, 2.05) is 11.0 Å². The Balaban J connectivity index is 1.21. The minimum absolute atomic E-state index is 0.149. The second kappa shape index (κ2) is 9.49. The molecular weight excluding hydrogens is 376 g/mol. The van der Waals surface area contributed by atoms with Crippen molar-refractivity contribution < 1.29 is 9.53 Å². The molecule has 8 nitrogen and oxygen atoms in total. The van der Waals surface area contributed by atoms with Crippen molar-refractivity contribution in [1.82, 2.24) is 30.0 Å². The van der Waals surface area contributed by atoms with Crippen LogP contribution < -0.4 is 0 Å². The number of benzene rings is 1. The molecule has 1 amide bonds. The van der Waals surface area contributed by atoms with Crippen LogP contribution in [0.4, 0.5) is 0 Å². The number of carbonyl (C=O) groups is 1. The lowest BCUT2D eigenvalue weighted by Crippen LogP contribution is -2.48. The van der Waals surface area contributed by atoms with Gasteiger partial charge in [0.2, 0.25) is 11.1 Å². The molecule has 0 aliphatic carbocycles. The monoisotopic (exact) mass is 402 g/mol. The van der Waals surface area contributed by atoms with Gasteiger partial charge in [-0.05, 0) is 28.8 Å². The van der Waals surface area contributed by atoms with Gasteiger partial charge >= 0.3 is 0 Å². The highest BCUT2D eigenvalue weighted by Gasteiger charge is 2.23. The maximum atomic E-state index is 12.6. The summed E-state index contributed by atoms with van der Waals surface area (Å²) < 4.78 is 7.40. The second-order valence-electron chi connectivity index (χ2n) is 7.21. The summed E-state index contributed by atoms with van der Waals surface area (Å²) in [6.45, 7) is 5.76. The molecule has 2 saturated heterocycles. The van der Waals surface area contributed by atoms with Gasteiger partial charge in [0.05, 0.1) is 18.4 Å². The molecule has 9 heteroatoms. The maximum absolute atomic E-state index is 12.6. The molecule has 0 bridgehead atoms. The smallest absolute Gasteiger partial charge is 0.233 e. The van der Waals surface area contributed by atoms with Gasteiger partial charge in [-0.2, -0.15) is 0 Å². The molecule has 2 aromatic rings. The van der Waals surface area contributed by atoms with Crippen LogP contribution in [0.2, 0.25) is 0 Å². The quantitative estimate of drug-likeness (QED) is 0.646. The number of amides is 1. The molecule has 1 atom stereocenters. The third-order valence-corrected chi connectivity index (χ3v) is 6.14. The molecule has 0 saturated carbocycles. The molecule has 0 radical (unpaired) electrons. The van der Waals surface area contributed by atoms with Crippen LogP contribution in [0.1, 0.15) is 18.4 Å².